The van der Waals surface area contributed by atoms with Gasteiger partial charge < -0.3 is 10.6 Å². The van der Waals surface area contributed by atoms with Crippen molar-refractivity contribution in [3.8, 4) is 0 Å². The molecule has 0 saturated carbocycles. The van der Waals surface area contributed by atoms with Gasteiger partial charge in [0.05, 0.1) is 6.04 Å². The van der Waals surface area contributed by atoms with Crippen LogP contribution < -0.4 is 10.6 Å². The summed E-state index contributed by atoms with van der Waals surface area (Å²) < 4.78 is 0. The number of hydrogen-bond donors (Lipinski definition) is 2. The molecule has 0 aromatic carbocycles. The molecule has 2 aromatic heterocycles. The summed E-state index contributed by atoms with van der Waals surface area (Å²) in [4.78, 5) is 7.53. The predicted octanol–water partition coefficient (Wildman–Crippen LogP) is 2.62. The third-order valence-electron chi connectivity index (χ3n) is 2.96. The van der Waals surface area contributed by atoms with E-state index in [4.69, 9.17) is 11.1 Å². The molecule has 1 atom stereocenters. The summed E-state index contributed by atoms with van der Waals surface area (Å²) in [7, 11) is 2.03. The number of rotatable bonds is 4. The number of anilines is 1. The normalized spacial score (nSPS) is 12.1. The van der Waals surface area contributed by atoms with E-state index >= 15 is 0 Å². The van der Waals surface area contributed by atoms with Crippen molar-refractivity contribution in [1.29, 1.82) is 5.41 Å². The van der Waals surface area contributed by atoms with Crippen molar-refractivity contribution >= 4 is 22.9 Å². The minimum atomic E-state index is -0.00553. The van der Waals surface area contributed by atoms with Gasteiger partial charge in [-0.1, -0.05) is 6.07 Å². The lowest BCUT2D eigenvalue weighted by molar-refractivity contribution is 0.753. The topological polar surface area (TPSA) is 66.0 Å². The highest BCUT2D eigenvalue weighted by Gasteiger charge is 2.14. The van der Waals surface area contributed by atoms with Crippen LogP contribution in [0.4, 0.5) is 5.69 Å². The number of amidine groups is 1. The molecule has 0 saturated heterocycles. The Balaban J connectivity index is 2.25. The number of thiophene rings is 1. The second kappa shape index (κ2) is 5.18. The molecule has 0 amide bonds. The molecule has 4 nitrogen and oxygen atoms in total. The van der Waals surface area contributed by atoms with Crippen molar-refractivity contribution in [2.45, 2.75) is 13.0 Å². The molecule has 0 aliphatic heterocycles. The highest BCUT2D eigenvalue weighted by Crippen LogP contribution is 2.27. The fourth-order valence-corrected chi connectivity index (χ4v) is 2.56. The SMILES string of the molecule is CC(c1cccs1)N(C)c1ccnc(C(=N)N)c1. The molecule has 2 aromatic rings. The summed E-state index contributed by atoms with van der Waals surface area (Å²) in [5.41, 5.74) is 6.98. The Hall–Kier alpha value is -1.88. The highest BCUT2D eigenvalue weighted by atomic mass is 32.1. The van der Waals surface area contributed by atoms with Crippen molar-refractivity contribution < 1.29 is 0 Å². The quantitative estimate of drug-likeness (QED) is 0.656. The number of nitrogens with two attached hydrogens (primary N) is 1. The highest BCUT2D eigenvalue weighted by molar-refractivity contribution is 7.10. The number of pyridine rings is 1. The summed E-state index contributed by atoms with van der Waals surface area (Å²) in [6.45, 7) is 2.15. The van der Waals surface area contributed by atoms with Gasteiger partial charge in [0.2, 0.25) is 0 Å². The molecular weight excluding hydrogens is 244 g/mol. The summed E-state index contributed by atoms with van der Waals surface area (Å²) in [5.74, 6) is -0.00553. The fraction of sp³-hybridized carbons (Fsp3) is 0.231. The van der Waals surface area contributed by atoms with Crippen molar-refractivity contribution in [2.24, 2.45) is 5.73 Å². The zero-order chi connectivity index (χ0) is 13.1. The first-order valence-corrected chi connectivity index (χ1v) is 6.54. The first-order valence-electron chi connectivity index (χ1n) is 5.66. The molecule has 2 rings (SSSR count). The largest absolute Gasteiger partial charge is 0.382 e. The van der Waals surface area contributed by atoms with Crippen LogP contribution >= 0.6 is 11.3 Å². The second-order valence-electron chi connectivity index (χ2n) is 4.12. The van der Waals surface area contributed by atoms with Gasteiger partial charge in [0.15, 0.2) is 0 Å². The van der Waals surface area contributed by atoms with E-state index in [0.717, 1.165) is 5.69 Å². The molecular formula is C13H16N4S. The molecule has 1 unspecified atom stereocenters. The van der Waals surface area contributed by atoms with E-state index in [0.29, 0.717) is 5.69 Å². The molecule has 18 heavy (non-hydrogen) atoms. The third-order valence-corrected chi connectivity index (χ3v) is 4.01. The summed E-state index contributed by atoms with van der Waals surface area (Å²) in [6, 6.07) is 8.23. The Morgan fingerprint density at radius 3 is 2.89 bits per heavy atom. The standard InChI is InChI=1S/C13H16N4S/c1-9(12-4-3-7-18-12)17(2)10-5-6-16-11(8-10)13(14)15/h3-9H,1-2H3,(H3,14,15). The summed E-state index contributed by atoms with van der Waals surface area (Å²) in [5, 5.41) is 9.50. The van der Waals surface area contributed by atoms with Crippen molar-refractivity contribution in [3.63, 3.8) is 0 Å². The molecule has 0 bridgehead atoms. The van der Waals surface area contributed by atoms with Crippen LogP contribution in [0.15, 0.2) is 35.8 Å². The Labute approximate surface area is 111 Å². The van der Waals surface area contributed by atoms with Crippen molar-refractivity contribution in [3.05, 3.63) is 46.4 Å². The summed E-state index contributed by atoms with van der Waals surface area (Å²) in [6.07, 6.45) is 1.68. The Kier molecular flexibility index (Phi) is 3.62. The zero-order valence-corrected chi connectivity index (χ0v) is 11.2. The van der Waals surface area contributed by atoms with E-state index in [1.165, 1.54) is 4.88 Å². The molecule has 0 aliphatic rings. The minimum absolute atomic E-state index is 0.00553. The van der Waals surface area contributed by atoms with Gasteiger partial charge in [-0.15, -0.1) is 11.3 Å². The molecule has 0 radical (unpaired) electrons. The van der Waals surface area contributed by atoms with Crippen LogP contribution in [0, 0.1) is 5.41 Å². The smallest absolute Gasteiger partial charge is 0.141 e. The van der Waals surface area contributed by atoms with Crippen LogP contribution in [0.1, 0.15) is 23.5 Å². The Bertz CT molecular complexity index is 536. The van der Waals surface area contributed by atoms with Gasteiger partial charge in [-0.3, -0.25) is 10.4 Å². The number of nitrogens with one attached hydrogen (secondary N) is 1. The van der Waals surface area contributed by atoms with Gasteiger partial charge in [-0.25, -0.2) is 0 Å². The van der Waals surface area contributed by atoms with E-state index in [1.54, 1.807) is 17.5 Å². The van der Waals surface area contributed by atoms with E-state index in [9.17, 15) is 0 Å². The molecule has 3 N–H and O–H groups in total. The van der Waals surface area contributed by atoms with Crippen LogP contribution in [-0.2, 0) is 0 Å². The van der Waals surface area contributed by atoms with Crippen LogP contribution in [0.2, 0.25) is 0 Å². The Morgan fingerprint density at radius 2 is 2.28 bits per heavy atom. The number of aromatic nitrogens is 1. The van der Waals surface area contributed by atoms with Crippen LogP contribution in [0.3, 0.4) is 0 Å². The van der Waals surface area contributed by atoms with Gasteiger partial charge in [0.25, 0.3) is 0 Å². The minimum Gasteiger partial charge on any atom is -0.382 e. The zero-order valence-electron chi connectivity index (χ0n) is 10.4. The monoisotopic (exact) mass is 260 g/mol. The van der Waals surface area contributed by atoms with Gasteiger partial charge in [0, 0.05) is 23.8 Å². The van der Waals surface area contributed by atoms with Gasteiger partial charge in [0.1, 0.15) is 11.5 Å². The van der Waals surface area contributed by atoms with E-state index in [2.05, 4.69) is 34.3 Å². The maximum absolute atomic E-state index is 7.42. The van der Waals surface area contributed by atoms with Crippen LogP contribution in [0.25, 0.3) is 0 Å². The summed E-state index contributed by atoms with van der Waals surface area (Å²) >= 11 is 1.74. The Morgan fingerprint density at radius 1 is 1.50 bits per heavy atom. The maximum Gasteiger partial charge on any atom is 0.141 e. The molecule has 0 aliphatic carbocycles. The average Bonchev–Trinajstić information content (AvgIpc) is 2.91. The lowest BCUT2D eigenvalue weighted by atomic mass is 10.2. The van der Waals surface area contributed by atoms with E-state index in [-0.39, 0.29) is 11.9 Å². The van der Waals surface area contributed by atoms with Gasteiger partial charge in [-0.2, -0.15) is 0 Å². The molecule has 0 fully saturated rings. The lowest BCUT2D eigenvalue weighted by Gasteiger charge is -2.26. The van der Waals surface area contributed by atoms with Crippen LogP contribution in [-0.4, -0.2) is 17.9 Å². The maximum atomic E-state index is 7.42. The molecule has 2 heterocycles. The first kappa shape index (κ1) is 12.6. The van der Waals surface area contributed by atoms with Crippen molar-refractivity contribution in [2.75, 3.05) is 11.9 Å². The van der Waals surface area contributed by atoms with Gasteiger partial charge >= 0.3 is 0 Å². The third kappa shape index (κ3) is 2.51. The fourth-order valence-electron chi connectivity index (χ4n) is 1.73. The average molecular weight is 260 g/mol. The van der Waals surface area contributed by atoms with Gasteiger partial charge in [-0.05, 0) is 30.5 Å². The van der Waals surface area contributed by atoms with Crippen LogP contribution in [0.5, 0.6) is 0 Å². The van der Waals surface area contributed by atoms with E-state index in [1.807, 2.05) is 19.2 Å². The second-order valence-corrected chi connectivity index (χ2v) is 5.09. The first-order chi connectivity index (χ1) is 8.59. The molecule has 5 heteroatoms. The number of nitrogen functional groups attached to an aromatic ring is 1. The number of nitrogens with zero attached hydrogens (tertiary/aromatic N) is 2. The lowest BCUT2D eigenvalue weighted by Crippen LogP contribution is -2.22. The predicted molar refractivity (Wildman–Crippen MR) is 76.4 cm³/mol. The van der Waals surface area contributed by atoms with E-state index < -0.39 is 0 Å². The van der Waals surface area contributed by atoms with Crippen molar-refractivity contribution in [1.82, 2.24) is 4.98 Å². The number of hydrogen-bond acceptors (Lipinski definition) is 4. The molecule has 94 valence electrons. The molecule has 0 spiro atoms.